The van der Waals surface area contributed by atoms with Gasteiger partial charge in [0, 0.05) is 5.56 Å². The summed E-state index contributed by atoms with van der Waals surface area (Å²) in [5.74, 6) is 1.18. The Morgan fingerprint density at radius 2 is 2.21 bits per heavy atom. The third kappa shape index (κ3) is 2.95. The van der Waals surface area contributed by atoms with E-state index in [1.807, 2.05) is 6.07 Å². The number of ether oxygens (including phenoxy) is 1. The molecule has 0 aliphatic rings. The number of hydrogen-bond donors (Lipinski definition) is 1. The van der Waals surface area contributed by atoms with Crippen molar-refractivity contribution in [2.75, 3.05) is 12.3 Å². The van der Waals surface area contributed by atoms with Gasteiger partial charge in [-0.25, -0.2) is 4.98 Å². The van der Waals surface area contributed by atoms with Gasteiger partial charge in [-0.3, -0.25) is 0 Å². The van der Waals surface area contributed by atoms with Crippen molar-refractivity contribution in [3.63, 3.8) is 0 Å². The smallest absolute Gasteiger partial charge is 0.181 e. The summed E-state index contributed by atoms with van der Waals surface area (Å²) in [6.45, 7) is 7.09. The number of unbranched alkanes of at least 4 members (excludes halogenated alkanes) is 1. The molecule has 0 amide bonds. The Bertz CT molecular complexity index is 580. The van der Waals surface area contributed by atoms with Gasteiger partial charge in [0.25, 0.3) is 0 Å². The molecule has 19 heavy (non-hydrogen) atoms. The minimum absolute atomic E-state index is 0.335. The van der Waals surface area contributed by atoms with Gasteiger partial charge in [-0.2, -0.15) is 0 Å². The van der Waals surface area contributed by atoms with E-state index in [1.54, 1.807) is 0 Å². The predicted molar refractivity (Wildman–Crippen MR) is 83.5 cm³/mol. The Kier molecular flexibility index (Phi) is 4.53. The number of nitrogens with two attached hydrogens (primary N) is 1. The van der Waals surface area contributed by atoms with E-state index in [2.05, 4.69) is 25.8 Å². The first-order valence-electron chi connectivity index (χ1n) is 6.55. The van der Waals surface area contributed by atoms with Crippen molar-refractivity contribution in [3.05, 3.63) is 16.7 Å². The van der Waals surface area contributed by atoms with Crippen LogP contribution in [0, 0.1) is 0 Å². The first kappa shape index (κ1) is 14.4. The molecule has 0 unspecified atom stereocenters. The lowest BCUT2D eigenvalue weighted by molar-refractivity contribution is 0.308. The molecule has 0 fully saturated rings. The predicted octanol–water partition coefficient (Wildman–Crippen LogP) is 4.83. The number of rotatable bonds is 5. The standard InChI is InChI=1S/C14H19ClN2OS/c1-4-5-6-18-12-9(8(2)3)7-10(15)13-11(12)17-14(16)19-13/h7-8H,4-6H2,1-3H3,(H2,16,17). The minimum Gasteiger partial charge on any atom is -0.491 e. The van der Waals surface area contributed by atoms with Crippen LogP contribution in [-0.2, 0) is 0 Å². The topological polar surface area (TPSA) is 48.1 Å². The molecule has 1 heterocycles. The molecular weight excluding hydrogens is 280 g/mol. The van der Waals surface area contributed by atoms with E-state index in [9.17, 15) is 0 Å². The summed E-state index contributed by atoms with van der Waals surface area (Å²) in [6.07, 6.45) is 2.13. The van der Waals surface area contributed by atoms with Crippen molar-refractivity contribution < 1.29 is 4.74 Å². The number of hydrogen-bond acceptors (Lipinski definition) is 4. The van der Waals surface area contributed by atoms with Crippen molar-refractivity contribution in [3.8, 4) is 5.75 Å². The maximum atomic E-state index is 6.31. The van der Waals surface area contributed by atoms with E-state index in [1.165, 1.54) is 11.3 Å². The summed E-state index contributed by atoms with van der Waals surface area (Å²) in [5, 5.41) is 1.23. The second kappa shape index (κ2) is 5.97. The van der Waals surface area contributed by atoms with Crippen LogP contribution in [0.3, 0.4) is 0 Å². The molecule has 0 atom stereocenters. The zero-order valence-electron chi connectivity index (χ0n) is 11.5. The second-order valence-electron chi connectivity index (χ2n) is 4.86. The zero-order chi connectivity index (χ0) is 14.0. The average Bonchev–Trinajstić information content (AvgIpc) is 2.74. The SMILES string of the molecule is CCCCOc1c(C(C)C)cc(Cl)c2sc(N)nc12. The molecule has 1 aromatic heterocycles. The molecule has 0 bridgehead atoms. The van der Waals surface area contributed by atoms with Crippen molar-refractivity contribution in [2.45, 2.75) is 39.5 Å². The highest BCUT2D eigenvalue weighted by Crippen LogP contribution is 2.41. The third-order valence-electron chi connectivity index (χ3n) is 2.99. The molecule has 0 saturated carbocycles. The van der Waals surface area contributed by atoms with Gasteiger partial charge < -0.3 is 10.5 Å². The highest BCUT2D eigenvalue weighted by atomic mass is 35.5. The molecule has 2 N–H and O–H groups in total. The van der Waals surface area contributed by atoms with Gasteiger partial charge in [0.15, 0.2) is 5.13 Å². The van der Waals surface area contributed by atoms with Crippen LogP contribution in [0.1, 0.15) is 45.1 Å². The maximum Gasteiger partial charge on any atom is 0.181 e. The van der Waals surface area contributed by atoms with Crippen molar-refractivity contribution in [2.24, 2.45) is 0 Å². The van der Waals surface area contributed by atoms with Gasteiger partial charge in [0.05, 0.1) is 16.3 Å². The van der Waals surface area contributed by atoms with E-state index in [-0.39, 0.29) is 0 Å². The van der Waals surface area contributed by atoms with Gasteiger partial charge in [-0.1, -0.05) is 50.1 Å². The number of fused-ring (bicyclic) bond motifs is 1. The van der Waals surface area contributed by atoms with E-state index < -0.39 is 0 Å². The molecule has 104 valence electrons. The summed E-state index contributed by atoms with van der Waals surface area (Å²) >= 11 is 7.72. The molecule has 5 heteroatoms. The molecule has 0 radical (unpaired) electrons. The molecule has 2 rings (SSSR count). The van der Waals surface area contributed by atoms with E-state index >= 15 is 0 Å². The monoisotopic (exact) mass is 298 g/mol. The van der Waals surface area contributed by atoms with Gasteiger partial charge in [-0.15, -0.1) is 0 Å². The highest BCUT2D eigenvalue weighted by Gasteiger charge is 2.18. The number of thiazole rings is 1. The van der Waals surface area contributed by atoms with Crippen LogP contribution in [0.15, 0.2) is 6.07 Å². The Labute approximate surface area is 122 Å². The van der Waals surface area contributed by atoms with E-state index in [0.717, 1.165) is 34.4 Å². The van der Waals surface area contributed by atoms with Crippen molar-refractivity contribution in [1.29, 1.82) is 0 Å². The molecule has 0 saturated heterocycles. The number of nitrogen functional groups attached to an aromatic ring is 1. The van der Waals surface area contributed by atoms with Crippen LogP contribution >= 0.6 is 22.9 Å². The first-order chi connectivity index (χ1) is 9.04. The summed E-state index contributed by atoms with van der Waals surface area (Å²) in [4.78, 5) is 4.38. The zero-order valence-corrected chi connectivity index (χ0v) is 13.1. The fourth-order valence-corrected chi connectivity index (χ4v) is 3.02. The van der Waals surface area contributed by atoms with Crippen LogP contribution in [0.25, 0.3) is 10.2 Å². The average molecular weight is 299 g/mol. The first-order valence-corrected chi connectivity index (χ1v) is 7.75. The second-order valence-corrected chi connectivity index (χ2v) is 6.30. The summed E-state index contributed by atoms with van der Waals surface area (Å²) in [7, 11) is 0. The molecule has 0 spiro atoms. The van der Waals surface area contributed by atoms with E-state index in [4.69, 9.17) is 22.1 Å². The number of anilines is 1. The lowest BCUT2D eigenvalue weighted by Crippen LogP contribution is -2.02. The normalized spacial score (nSPS) is 11.4. The summed E-state index contributed by atoms with van der Waals surface area (Å²) < 4.78 is 6.86. The lowest BCUT2D eigenvalue weighted by atomic mass is 10.0. The summed E-state index contributed by atoms with van der Waals surface area (Å²) in [5.41, 5.74) is 7.70. The third-order valence-corrected chi connectivity index (χ3v) is 4.31. The van der Waals surface area contributed by atoms with Crippen molar-refractivity contribution in [1.82, 2.24) is 4.98 Å². The van der Waals surface area contributed by atoms with E-state index in [0.29, 0.717) is 22.7 Å². The van der Waals surface area contributed by atoms with Crippen molar-refractivity contribution >= 4 is 38.3 Å². The highest BCUT2D eigenvalue weighted by molar-refractivity contribution is 7.22. The molecule has 0 aliphatic heterocycles. The fourth-order valence-electron chi connectivity index (χ4n) is 1.96. The van der Waals surface area contributed by atoms with Crippen LogP contribution in [-0.4, -0.2) is 11.6 Å². The fraction of sp³-hybridized carbons (Fsp3) is 0.500. The van der Waals surface area contributed by atoms with Gasteiger partial charge in [0.2, 0.25) is 0 Å². The molecule has 1 aromatic carbocycles. The number of aromatic nitrogens is 1. The molecule has 2 aromatic rings. The number of halogens is 1. The number of nitrogens with zero attached hydrogens (tertiary/aromatic N) is 1. The van der Waals surface area contributed by atoms with Crippen LogP contribution in [0.5, 0.6) is 5.75 Å². The minimum atomic E-state index is 0.335. The number of benzene rings is 1. The Morgan fingerprint density at radius 1 is 1.47 bits per heavy atom. The molecule has 3 nitrogen and oxygen atoms in total. The van der Waals surface area contributed by atoms with Gasteiger partial charge in [-0.05, 0) is 18.4 Å². The Morgan fingerprint density at radius 3 is 2.84 bits per heavy atom. The molecule has 0 aliphatic carbocycles. The van der Waals surface area contributed by atoms with Crippen LogP contribution < -0.4 is 10.5 Å². The molecular formula is C14H19ClN2OS. The summed E-state index contributed by atoms with van der Waals surface area (Å²) in [6, 6.07) is 1.98. The Hall–Kier alpha value is -1.00. The van der Waals surface area contributed by atoms with Gasteiger partial charge >= 0.3 is 0 Å². The lowest BCUT2D eigenvalue weighted by Gasteiger charge is -2.15. The maximum absolute atomic E-state index is 6.31. The Balaban J connectivity index is 2.54. The van der Waals surface area contributed by atoms with Crippen LogP contribution in [0.4, 0.5) is 5.13 Å². The largest absolute Gasteiger partial charge is 0.491 e. The van der Waals surface area contributed by atoms with Gasteiger partial charge in [0.1, 0.15) is 11.3 Å². The quantitative estimate of drug-likeness (QED) is 0.804. The van der Waals surface area contributed by atoms with Crippen LogP contribution in [0.2, 0.25) is 5.02 Å².